The van der Waals surface area contributed by atoms with Crippen molar-refractivity contribution >= 4 is 29.1 Å². The molecule has 1 fully saturated rings. The van der Waals surface area contributed by atoms with Crippen molar-refractivity contribution in [3.8, 4) is 5.75 Å². The first-order valence-corrected chi connectivity index (χ1v) is 9.20. The first kappa shape index (κ1) is 19.4. The number of piperidine rings is 1. The van der Waals surface area contributed by atoms with Crippen LogP contribution in [0.25, 0.3) is 0 Å². The van der Waals surface area contributed by atoms with Crippen molar-refractivity contribution in [2.45, 2.75) is 25.8 Å². The van der Waals surface area contributed by atoms with Crippen LogP contribution in [0.5, 0.6) is 5.75 Å². The highest BCUT2D eigenvalue weighted by molar-refractivity contribution is 6.39. The minimum atomic E-state index is -0.767. The zero-order valence-corrected chi connectivity index (χ0v) is 15.7. The number of amides is 3. The van der Waals surface area contributed by atoms with Crippen molar-refractivity contribution in [3.05, 3.63) is 54.1 Å². The van der Waals surface area contributed by atoms with Crippen LogP contribution >= 0.6 is 0 Å². The molecule has 1 aliphatic rings. The molecule has 0 aromatic heterocycles. The maximum Gasteiger partial charge on any atom is 0.313 e. The number of hydrogen-bond acceptors (Lipinski definition) is 4. The van der Waals surface area contributed by atoms with Gasteiger partial charge in [-0.15, -0.1) is 0 Å². The summed E-state index contributed by atoms with van der Waals surface area (Å²) in [6.45, 7) is 0.841. The van der Waals surface area contributed by atoms with E-state index in [-0.39, 0.29) is 12.5 Å². The lowest BCUT2D eigenvalue weighted by Gasteiger charge is -2.27. The molecule has 1 saturated heterocycles. The Bertz CT molecular complexity index is 881. The maximum atomic E-state index is 12.2. The van der Waals surface area contributed by atoms with Gasteiger partial charge in [0.15, 0.2) is 0 Å². The molecule has 7 heteroatoms. The van der Waals surface area contributed by atoms with Gasteiger partial charge in [-0.3, -0.25) is 14.4 Å². The molecule has 146 valence electrons. The van der Waals surface area contributed by atoms with Crippen LogP contribution in [0.15, 0.2) is 48.5 Å². The van der Waals surface area contributed by atoms with Gasteiger partial charge in [-0.25, -0.2) is 0 Å². The number of nitrogens with one attached hydrogen (secondary N) is 2. The predicted molar refractivity (Wildman–Crippen MR) is 106 cm³/mol. The van der Waals surface area contributed by atoms with E-state index in [1.54, 1.807) is 36.3 Å². The van der Waals surface area contributed by atoms with Crippen LogP contribution in [0.3, 0.4) is 0 Å². The molecule has 28 heavy (non-hydrogen) atoms. The lowest BCUT2D eigenvalue weighted by Crippen LogP contribution is -2.36. The quantitative estimate of drug-likeness (QED) is 0.779. The summed E-state index contributed by atoms with van der Waals surface area (Å²) in [7, 11) is 1.55. The molecular formula is C21H23N3O4. The molecule has 7 nitrogen and oxygen atoms in total. The molecule has 0 unspecified atom stereocenters. The monoisotopic (exact) mass is 381 g/mol. The Morgan fingerprint density at radius 1 is 1.07 bits per heavy atom. The van der Waals surface area contributed by atoms with Gasteiger partial charge in [0.05, 0.1) is 7.11 Å². The van der Waals surface area contributed by atoms with Crippen molar-refractivity contribution in [1.82, 2.24) is 5.32 Å². The lowest BCUT2D eigenvalue weighted by atomic mass is 10.1. The molecule has 2 aromatic carbocycles. The predicted octanol–water partition coefficient (Wildman–Crippen LogP) is 2.47. The Kier molecular flexibility index (Phi) is 6.26. The number of rotatable bonds is 5. The topological polar surface area (TPSA) is 87.7 Å². The summed E-state index contributed by atoms with van der Waals surface area (Å²) in [5, 5.41) is 5.16. The molecule has 0 spiro atoms. The second kappa shape index (κ2) is 9.03. The van der Waals surface area contributed by atoms with E-state index in [0.717, 1.165) is 24.1 Å². The minimum absolute atomic E-state index is 0.0734. The maximum absolute atomic E-state index is 12.2. The van der Waals surface area contributed by atoms with Gasteiger partial charge in [0.25, 0.3) is 0 Å². The molecule has 0 atom stereocenters. The number of ether oxygens (including phenoxy) is 1. The average molecular weight is 381 g/mol. The standard InChI is InChI=1S/C21H23N3O4/c1-28-18-10-3-2-7-15(18)14-22-20(26)21(27)23-16-8-6-9-17(13-16)24-12-5-4-11-19(24)25/h2-3,6-10,13H,4-5,11-12,14H2,1H3,(H,22,26)(H,23,27). The van der Waals surface area contributed by atoms with Gasteiger partial charge in [0, 0.05) is 36.4 Å². The van der Waals surface area contributed by atoms with Gasteiger partial charge in [0.1, 0.15) is 5.75 Å². The van der Waals surface area contributed by atoms with Crippen LogP contribution in [0.2, 0.25) is 0 Å². The fourth-order valence-electron chi connectivity index (χ4n) is 3.12. The zero-order chi connectivity index (χ0) is 19.9. The van der Waals surface area contributed by atoms with Crippen LogP contribution in [0, 0.1) is 0 Å². The molecule has 2 N–H and O–H groups in total. The third-order valence-electron chi connectivity index (χ3n) is 4.58. The summed E-state index contributed by atoms with van der Waals surface area (Å²) in [6, 6.07) is 14.2. The fourth-order valence-corrected chi connectivity index (χ4v) is 3.12. The first-order chi connectivity index (χ1) is 13.6. The Labute approximate surface area is 163 Å². The van der Waals surface area contributed by atoms with Crippen LogP contribution < -0.4 is 20.3 Å². The van der Waals surface area contributed by atoms with Gasteiger partial charge in [0.2, 0.25) is 5.91 Å². The fraction of sp³-hybridized carbons (Fsp3) is 0.286. The summed E-state index contributed by atoms with van der Waals surface area (Å²) in [6.07, 6.45) is 2.38. The Hall–Kier alpha value is -3.35. The third-order valence-corrected chi connectivity index (χ3v) is 4.58. The molecule has 0 radical (unpaired) electrons. The van der Waals surface area contributed by atoms with E-state index < -0.39 is 11.8 Å². The number of carbonyl (C=O) groups excluding carboxylic acids is 3. The normalized spacial score (nSPS) is 13.8. The number of carbonyl (C=O) groups is 3. The summed E-state index contributed by atoms with van der Waals surface area (Å²) < 4.78 is 5.23. The highest BCUT2D eigenvalue weighted by Crippen LogP contribution is 2.24. The van der Waals surface area contributed by atoms with Crippen LogP contribution in [0.4, 0.5) is 11.4 Å². The number of benzene rings is 2. The number of hydrogen-bond donors (Lipinski definition) is 2. The summed E-state index contributed by atoms with van der Waals surface area (Å²) in [4.78, 5) is 38.1. The largest absolute Gasteiger partial charge is 0.496 e. The second-order valence-corrected chi connectivity index (χ2v) is 6.50. The zero-order valence-electron chi connectivity index (χ0n) is 15.7. The lowest BCUT2D eigenvalue weighted by molar-refractivity contribution is -0.136. The molecule has 3 amide bonds. The van der Waals surface area contributed by atoms with Crippen molar-refractivity contribution < 1.29 is 19.1 Å². The van der Waals surface area contributed by atoms with E-state index in [4.69, 9.17) is 4.74 Å². The van der Waals surface area contributed by atoms with Crippen molar-refractivity contribution in [2.75, 3.05) is 23.9 Å². The molecule has 0 aliphatic carbocycles. The highest BCUT2D eigenvalue weighted by atomic mass is 16.5. The van der Waals surface area contributed by atoms with Gasteiger partial charge in [-0.1, -0.05) is 24.3 Å². The Morgan fingerprint density at radius 3 is 2.68 bits per heavy atom. The molecule has 0 saturated carbocycles. The number of methoxy groups -OCH3 is 1. The Balaban J connectivity index is 1.60. The van der Waals surface area contributed by atoms with Gasteiger partial charge in [-0.2, -0.15) is 0 Å². The SMILES string of the molecule is COc1ccccc1CNC(=O)C(=O)Nc1cccc(N2CCCCC2=O)c1. The van der Waals surface area contributed by atoms with Crippen LogP contribution in [-0.2, 0) is 20.9 Å². The average Bonchev–Trinajstić information content (AvgIpc) is 2.72. The molecular weight excluding hydrogens is 358 g/mol. The number of para-hydroxylation sites is 1. The van der Waals surface area contributed by atoms with E-state index >= 15 is 0 Å². The van der Waals surface area contributed by atoms with Crippen molar-refractivity contribution in [1.29, 1.82) is 0 Å². The van der Waals surface area contributed by atoms with E-state index in [0.29, 0.717) is 24.4 Å². The smallest absolute Gasteiger partial charge is 0.313 e. The Morgan fingerprint density at radius 2 is 1.89 bits per heavy atom. The summed E-state index contributed by atoms with van der Waals surface area (Å²) in [5.74, 6) is -0.797. The van der Waals surface area contributed by atoms with E-state index in [2.05, 4.69) is 10.6 Å². The van der Waals surface area contributed by atoms with Gasteiger partial charge < -0.3 is 20.3 Å². The molecule has 0 bridgehead atoms. The number of anilines is 2. The minimum Gasteiger partial charge on any atom is -0.496 e. The second-order valence-electron chi connectivity index (χ2n) is 6.50. The third kappa shape index (κ3) is 4.68. The van der Waals surface area contributed by atoms with E-state index in [1.165, 1.54) is 0 Å². The van der Waals surface area contributed by atoms with Crippen LogP contribution in [-0.4, -0.2) is 31.4 Å². The van der Waals surface area contributed by atoms with Gasteiger partial charge in [-0.05, 0) is 37.1 Å². The molecule has 1 heterocycles. The van der Waals surface area contributed by atoms with Crippen molar-refractivity contribution in [2.24, 2.45) is 0 Å². The molecule has 1 aliphatic heterocycles. The van der Waals surface area contributed by atoms with E-state index in [1.807, 2.05) is 24.3 Å². The first-order valence-electron chi connectivity index (χ1n) is 9.20. The van der Waals surface area contributed by atoms with E-state index in [9.17, 15) is 14.4 Å². The summed E-state index contributed by atoms with van der Waals surface area (Å²) >= 11 is 0. The number of nitrogens with zero attached hydrogens (tertiary/aromatic N) is 1. The molecule has 2 aromatic rings. The van der Waals surface area contributed by atoms with Crippen LogP contribution in [0.1, 0.15) is 24.8 Å². The van der Waals surface area contributed by atoms with Gasteiger partial charge >= 0.3 is 11.8 Å². The van der Waals surface area contributed by atoms with Crippen molar-refractivity contribution in [3.63, 3.8) is 0 Å². The summed E-state index contributed by atoms with van der Waals surface area (Å²) in [5.41, 5.74) is 1.96. The highest BCUT2D eigenvalue weighted by Gasteiger charge is 2.20. The molecule has 3 rings (SSSR count).